The summed E-state index contributed by atoms with van der Waals surface area (Å²) >= 11 is 11.6. The fourth-order valence-corrected chi connectivity index (χ4v) is 1.96. The zero-order valence-electron chi connectivity index (χ0n) is 12.0. The van der Waals surface area contributed by atoms with E-state index in [4.69, 9.17) is 27.9 Å². The molecule has 0 saturated heterocycles. The number of pyridine rings is 1. The summed E-state index contributed by atoms with van der Waals surface area (Å²) in [6.45, 7) is 1.30. The number of carbonyl (C=O) groups is 2. The standard InChI is InChI=1S/C13H9Cl2N3O6/c1-6(12(19)17-11-8(15)4-7(14)5-16-11)23-13(20)9-2-3-10(24-9)18(21)22/h2-6H,1H3,(H,16,17,19)/t6-/m1/s1. The van der Waals surface area contributed by atoms with Crippen LogP contribution in [0.3, 0.4) is 0 Å². The molecule has 0 radical (unpaired) electrons. The van der Waals surface area contributed by atoms with Crippen molar-refractivity contribution in [2.75, 3.05) is 5.32 Å². The van der Waals surface area contributed by atoms with E-state index in [1.807, 2.05) is 0 Å². The second-order valence-electron chi connectivity index (χ2n) is 4.42. The first-order valence-corrected chi connectivity index (χ1v) is 7.10. The Labute approximate surface area is 144 Å². The minimum absolute atomic E-state index is 0.0441. The van der Waals surface area contributed by atoms with Gasteiger partial charge in [0.15, 0.2) is 11.9 Å². The molecule has 0 saturated carbocycles. The Bertz CT molecular complexity index is 807. The van der Waals surface area contributed by atoms with Crippen molar-refractivity contribution < 1.29 is 23.7 Å². The van der Waals surface area contributed by atoms with Crippen molar-refractivity contribution in [3.05, 3.63) is 50.3 Å². The molecule has 0 bridgehead atoms. The van der Waals surface area contributed by atoms with Gasteiger partial charge in [-0.25, -0.2) is 9.78 Å². The van der Waals surface area contributed by atoms with Crippen LogP contribution in [0.5, 0.6) is 0 Å². The molecule has 0 fully saturated rings. The number of carbonyl (C=O) groups excluding carboxylic acids is 2. The Kier molecular flexibility index (Phi) is 5.37. The fourth-order valence-electron chi connectivity index (χ4n) is 1.53. The maximum atomic E-state index is 12.0. The van der Waals surface area contributed by atoms with Crippen LogP contribution in [0.2, 0.25) is 10.0 Å². The molecule has 11 heteroatoms. The molecule has 1 amide bonds. The summed E-state index contributed by atoms with van der Waals surface area (Å²) in [6.07, 6.45) is 0.0528. The Morgan fingerprint density at radius 1 is 1.42 bits per heavy atom. The van der Waals surface area contributed by atoms with E-state index < -0.39 is 34.5 Å². The average Bonchev–Trinajstić information content (AvgIpc) is 3.00. The number of nitrogens with one attached hydrogen (secondary N) is 1. The molecular weight excluding hydrogens is 365 g/mol. The van der Waals surface area contributed by atoms with Crippen LogP contribution in [0.1, 0.15) is 17.5 Å². The van der Waals surface area contributed by atoms with Gasteiger partial charge in [-0.15, -0.1) is 0 Å². The lowest BCUT2D eigenvalue weighted by Crippen LogP contribution is -2.30. The van der Waals surface area contributed by atoms with Crippen LogP contribution < -0.4 is 5.32 Å². The molecule has 2 aromatic rings. The van der Waals surface area contributed by atoms with Crippen molar-refractivity contribution in [2.45, 2.75) is 13.0 Å². The molecule has 0 spiro atoms. The van der Waals surface area contributed by atoms with Gasteiger partial charge < -0.3 is 14.5 Å². The summed E-state index contributed by atoms with van der Waals surface area (Å²) in [6, 6.07) is 3.45. The molecule has 24 heavy (non-hydrogen) atoms. The van der Waals surface area contributed by atoms with E-state index in [0.717, 1.165) is 12.1 Å². The van der Waals surface area contributed by atoms with E-state index in [-0.39, 0.29) is 15.9 Å². The lowest BCUT2D eigenvalue weighted by molar-refractivity contribution is -0.402. The van der Waals surface area contributed by atoms with Crippen molar-refractivity contribution in [3.63, 3.8) is 0 Å². The van der Waals surface area contributed by atoms with E-state index in [1.165, 1.54) is 19.2 Å². The number of hydrogen-bond donors (Lipinski definition) is 1. The summed E-state index contributed by atoms with van der Waals surface area (Å²) in [4.78, 5) is 37.3. The molecule has 9 nitrogen and oxygen atoms in total. The number of nitro groups is 1. The summed E-state index contributed by atoms with van der Waals surface area (Å²) in [7, 11) is 0. The molecule has 0 aliphatic carbocycles. The predicted octanol–water partition coefficient (Wildman–Crippen LogP) is 3.07. The smallest absolute Gasteiger partial charge is 0.433 e. The Balaban J connectivity index is 2.00. The molecule has 0 aliphatic heterocycles. The first kappa shape index (κ1) is 17.7. The average molecular weight is 374 g/mol. The van der Waals surface area contributed by atoms with Gasteiger partial charge in [-0.2, -0.15) is 0 Å². The number of anilines is 1. The highest BCUT2D eigenvalue weighted by Gasteiger charge is 2.24. The number of hydrogen-bond acceptors (Lipinski definition) is 7. The molecule has 2 rings (SSSR count). The van der Waals surface area contributed by atoms with Gasteiger partial charge >= 0.3 is 11.9 Å². The number of ether oxygens (including phenoxy) is 1. The summed E-state index contributed by atoms with van der Waals surface area (Å²) in [5.74, 6) is -2.70. The molecule has 2 aromatic heterocycles. The highest BCUT2D eigenvalue weighted by Crippen LogP contribution is 2.23. The quantitative estimate of drug-likeness (QED) is 0.484. The number of furan rings is 1. The molecule has 0 aliphatic rings. The molecular formula is C13H9Cl2N3O6. The first-order valence-electron chi connectivity index (χ1n) is 6.35. The van der Waals surface area contributed by atoms with Gasteiger partial charge in [0, 0.05) is 6.20 Å². The topological polar surface area (TPSA) is 125 Å². The number of aromatic nitrogens is 1. The van der Waals surface area contributed by atoms with Crippen LogP contribution >= 0.6 is 23.2 Å². The van der Waals surface area contributed by atoms with Gasteiger partial charge in [-0.1, -0.05) is 23.2 Å². The summed E-state index contributed by atoms with van der Waals surface area (Å²) < 4.78 is 9.55. The molecule has 126 valence electrons. The van der Waals surface area contributed by atoms with E-state index in [1.54, 1.807) is 0 Å². The summed E-state index contributed by atoms with van der Waals surface area (Å²) in [5, 5.41) is 13.3. The van der Waals surface area contributed by atoms with E-state index in [2.05, 4.69) is 14.7 Å². The van der Waals surface area contributed by atoms with Gasteiger partial charge in [0.25, 0.3) is 5.91 Å². The molecule has 1 atom stereocenters. The van der Waals surface area contributed by atoms with E-state index in [9.17, 15) is 19.7 Å². The van der Waals surface area contributed by atoms with Gasteiger partial charge in [0.1, 0.15) is 4.92 Å². The van der Waals surface area contributed by atoms with Crippen LogP contribution in [0.25, 0.3) is 0 Å². The summed E-state index contributed by atoms with van der Waals surface area (Å²) in [5.41, 5.74) is 0. The third kappa shape index (κ3) is 4.21. The van der Waals surface area contributed by atoms with Crippen molar-refractivity contribution >= 4 is 46.8 Å². The minimum atomic E-state index is -1.23. The van der Waals surface area contributed by atoms with Gasteiger partial charge in [0.2, 0.25) is 5.76 Å². The second kappa shape index (κ2) is 7.28. The number of amides is 1. The number of rotatable bonds is 5. The second-order valence-corrected chi connectivity index (χ2v) is 5.26. The van der Waals surface area contributed by atoms with Gasteiger partial charge in [-0.05, 0) is 19.1 Å². The van der Waals surface area contributed by atoms with Crippen LogP contribution in [0.15, 0.2) is 28.8 Å². The first-order chi connectivity index (χ1) is 11.3. The molecule has 0 unspecified atom stereocenters. The number of nitrogens with zero attached hydrogens (tertiary/aromatic N) is 2. The van der Waals surface area contributed by atoms with Gasteiger partial charge in [0.05, 0.1) is 16.1 Å². The van der Waals surface area contributed by atoms with Crippen LogP contribution in [-0.4, -0.2) is 27.9 Å². The monoisotopic (exact) mass is 373 g/mol. The Morgan fingerprint density at radius 3 is 2.71 bits per heavy atom. The Morgan fingerprint density at radius 2 is 2.12 bits per heavy atom. The molecule has 0 aromatic carbocycles. The van der Waals surface area contributed by atoms with Gasteiger partial charge in [-0.3, -0.25) is 14.9 Å². The minimum Gasteiger partial charge on any atom is -0.447 e. The maximum absolute atomic E-state index is 12.0. The lowest BCUT2D eigenvalue weighted by atomic mass is 10.3. The van der Waals surface area contributed by atoms with E-state index >= 15 is 0 Å². The third-order valence-corrected chi connectivity index (χ3v) is 3.17. The van der Waals surface area contributed by atoms with Crippen LogP contribution in [0, 0.1) is 10.1 Å². The zero-order valence-corrected chi connectivity index (χ0v) is 13.5. The molecule has 1 N–H and O–H groups in total. The van der Waals surface area contributed by atoms with Crippen LogP contribution in [0.4, 0.5) is 11.7 Å². The largest absolute Gasteiger partial charge is 0.447 e. The van der Waals surface area contributed by atoms with Crippen molar-refractivity contribution in [2.24, 2.45) is 0 Å². The molecule has 2 heterocycles. The highest BCUT2D eigenvalue weighted by molar-refractivity contribution is 6.36. The number of halogens is 2. The van der Waals surface area contributed by atoms with Crippen LogP contribution in [-0.2, 0) is 9.53 Å². The predicted molar refractivity (Wildman–Crippen MR) is 83.1 cm³/mol. The fraction of sp³-hybridized carbons (Fsp3) is 0.154. The normalized spacial score (nSPS) is 11.6. The third-order valence-electron chi connectivity index (χ3n) is 2.68. The lowest BCUT2D eigenvalue weighted by Gasteiger charge is -2.12. The van der Waals surface area contributed by atoms with E-state index in [0.29, 0.717) is 0 Å². The van der Waals surface area contributed by atoms with Crippen molar-refractivity contribution in [1.29, 1.82) is 0 Å². The van der Waals surface area contributed by atoms with Crippen molar-refractivity contribution in [1.82, 2.24) is 4.98 Å². The Hall–Kier alpha value is -2.65. The number of esters is 1. The SMILES string of the molecule is C[C@@H](OC(=O)c1ccc([N+](=O)[O-])o1)C(=O)Nc1ncc(Cl)cc1Cl. The maximum Gasteiger partial charge on any atom is 0.433 e. The zero-order chi connectivity index (χ0) is 17.9. The highest BCUT2D eigenvalue weighted by atomic mass is 35.5. The van der Waals surface area contributed by atoms with Crippen molar-refractivity contribution in [3.8, 4) is 0 Å².